The highest BCUT2D eigenvalue weighted by Gasteiger charge is 2.36. The minimum atomic E-state index is -0.0404. The molecule has 2 heterocycles. The van der Waals surface area contributed by atoms with Gasteiger partial charge in [0.25, 0.3) is 6.01 Å². The fraction of sp³-hybridized carbons (Fsp3) is 0.786. The molecule has 4 nitrogen and oxygen atoms in total. The molecule has 100 valence electrons. The first-order valence-corrected chi connectivity index (χ1v) is 7.12. The number of hydrogen-bond acceptors (Lipinski definition) is 4. The van der Waals surface area contributed by atoms with E-state index in [0.29, 0.717) is 17.1 Å². The van der Waals surface area contributed by atoms with Crippen LogP contribution < -0.4 is 4.90 Å². The van der Waals surface area contributed by atoms with E-state index in [1.165, 1.54) is 44.9 Å². The van der Waals surface area contributed by atoms with Crippen molar-refractivity contribution in [2.75, 3.05) is 18.0 Å². The predicted molar refractivity (Wildman–Crippen MR) is 69.4 cm³/mol. The van der Waals surface area contributed by atoms with Gasteiger partial charge in [0.15, 0.2) is 0 Å². The molecule has 4 heteroatoms. The lowest BCUT2D eigenvalue weighted by atomic mass is 9.68. The molecule has 3 rings (SSSR count). The molecule has 1 saturated heterocycles. The molecule has 1 N–H and O–H groups in total. The van der Waals surface area contributed by atoms with Crippen LogP contribution >= 0.6 is 0 Å². The number of aromatic nitrogens is 1. The van der Waals surface area contributed by atoms with E-state index in [9.17, 15) is 0 Å². The fourth-order valence-corrected chi connectivity index (χ4v) is 3.49. The Balaban J connectivity index is 1.62. The molecular weight excluding hydrogens is 228 g/mol. The lowest BCUT2D eigenvalue weighted by Crippen LogP contribution is -2.41. The first kappa shape index (κ1) is 12.0. The van der Waals surface area contributed by atoms with Crippen LogP contribution in [0.15, 0.2) is 10.7 Å². The summed E-state index contributed by atoms with van der Waals surface area (Å²) in [6.45, 7) is 2.05. The zero-order valence-corrected chi connectivity index (χ0v) is 10.9. The zero-order chi connectivity index (χ0) is 12.4. The van der Waals surface area contributed by atoms with Gasteiger partial charge in [0.05, 0.1) is 6.61 Å². The quantitative estimate of drug-likeness (QED) is 0.876. The monoisotopic (exact) mass is 250 g/mol. The second-order valence-electron chi connectivity index (χ2n) is 5.83. The first-order chi connectivity index (χ1) is 8.81. The Bertz CT molecular complexity index is 386. The summed E-state index contributed by atoms with van der Waals surface area (Å²) in [6, 6.07) is 0.685. The normalized spacial score (nSPS) is 23.5. The van der Waals surface area contributed by atoms with Crippen molar-refractivity contribution >= 4 is 6.01 Å². The first-order valence-electron chi connectivity index (χ1n) is 7.12. The molecular formula is C14H22N2O2. The molecule has 0 atom stereocenters. The van der Waals surface area contributed by atoms with Gasteiger partial charge in [-0.1, -0.05) is 19.3 Å². The number of rotatable bonds is 2. The molecule has 1 aromatic rings. The number of oxazole rings is 1. The van der Waals surface area contributed by atoms with Crippen molar-refractivity contribution in [2.45, 2.75) is 51.6 Å². The fourth-order valence-electron chi connectivity index (χ4n) is 3.49. The second kappa shape index (κ2) is 4.92. The van der Waals surface area contributed by atoms with E-state index in [4.69, 9.17) is 9.52 Å². The minimum absolute atomic E-state index is 0.0404. The maximum Gasteiger partial charge on any atom is 0.297 e. The highest BCUT2D eigenvalue weighted by molar-refractivity contribution is 5.28. The summed E-state index contributed by atoms with van der Waals surface area (Å²) < 4.78 is 5.43. The second-order valence-corrected chi connectivity index (χ2v) is 5.83. The third kappa shape index (κ3) is 2.26. The smallest absolute Gasteiger partial charge is 0.297 e. The summed E-state index contributed by atoms with van der Waals surface area (Å²) in [6.07, 6.45) is 11.2. The maximum absolute atomic E-state index is 9.01. The minimum Gasteiger partial charge on any atom is -0.432 e. The molecule has 1 spiro atoms. The summed E-state index contributed by atoms with van der Waals surface area (Å²) in [5.41, 5.74) is 1.24. The Hall–Kier alpha value is -1.03. The van der Waals surface area contributed by atoms with Crippen LogP contribution in [0.2, 0.25) is 0 Å². The molecule has 2 aliphatic rings. The van der Waals surface area contributed by atoms with Crippen LogP contribution in [-0.4, -0.2) is 23.2 Å². The molecule has 0 radical (unpaired) electrons. The van der Waals surface area contributed by atoms with Gasteiger partial charge in [-0.05, 0) is 31.1 Å². The average molecular weight is 250 g/mol. The highest BCUT2D eigenvalue weighted by Crippen LogP contribution is 2.44. The summed E-state index contributed by atoms with van der Waals surface area (Å²) >= 11 is 0. The van der Waals surface area contributed by atoms with Gasteiger partial charge in [-0.15, -0.1) is 0 Å². The summed E-state index contributed by atoms with van der Waals surface area (Å²) in [4.78, 5) is 6.52. The SMILES string of the molecule is OCc1coc(N2CCC3(CCCCC3)CC2)n1. The van der Waals surface area contributed by atoms with E-state index < -0.39 is 0 Å². The largest absolute Gasteiger partial charge is 0.432 e. The number of piperidine rings is 1. The van der Waals surface area contributed by atoms with Crippen LogP contribution in [0.4, 0.5) is 6.01 Å². The van der Waals surface area contributed by atoms with Gasteiger partial charge in [0.2, 0.25) is 0 Å². The van der Waals surface area contributed by atoms with Crippen LogP contribution in [-0.2, 0) is 6.61 Å². The van der Waals surface area contributed by atoms with Crippen LogP contribution in [0.25, 0.3) is 0 Å². The third-order valence-corrected chi connectivity index (χ3v) is 4.71. The average Bonchev–Trinajstić information content (AvgIpc) is 2.89. The molecule has 0 aromatic carbocycles. The van der Waals surface area contributed by atoms with E-state index >= 15 is 0 Å². The molecule has 0 bridgehead atoms. The predicted octanol–water partition coefficient (Wildman–Crippen LogP) is 2.72. The van der Waals surface area contributed by atoms with Crippen LogP contribution in [0.5, 0.6) is 0 Å². The molecule has 1 aromatic heterocycles. The lowest BCUT2D eigenvalue weighted by molar-refractivity contribution is 0.142. The van der Waals surface area contributed by atoms with Gasteiger partial charge in [0, 0.05) is 13.1 Å². The highest BCUT2D eigenvalue weighted by atomic mass is 16.4. The third-order valence-electron chi connectivity index (χ3n) is 4.71. The zero-order valence-electron chi connectivity index (χ0n) is 10.9. The maximum atomic E-state index is 9.01. The number of nitrogens with zero attached hydrogens (tertiary/aromatic N) is 2. The van der Waals surface area contributed by atoms with Gasteiger partial charge >= 0.3 is 0 Å². The van der Waals surface area contributed by atoms with Crippen molar-refractivity contribution in [2.24, 2.45) is 5.41 Å². The van der Waals surface area contributed by atoms with E-state index in [-0.39, 0.29) is 6.61 Å². The van der Waals surface area contributed by atoms with Gasteiger partial charge in [0.1, 0.15) is 12.0 Å². The molecule has 1 saturated carbocycles. The topological polar surface area (TPSA) is 49.5 Å². The Morgan fingerprint density at radius 1 is 1.17 bits per heavy atom. The van der Waals surface area contributed by atoms with Gasteiger partial charge in [-0.25, -0.2) is 0 Å². The molecule has 1 aliphatic heterocycles. The molecule has 1 aliphatic carbocycles. The van der Waals surface area contributed by atoms with Crippen LogP contribution in [0, 0.1) is 5.41 Å². The Morgan fingerprint density at radius 3 is 2.50 bits per heavy atom. The molecule has 2 fully saturated rings. The van der Waals surface area contributed by atoms with Crippen molar-refractivity contribution in [1.29, 1.82) is 0 Å². The van der Waals surface area contributed by atoms with Gasteiger partial charge in [-0.2, -0.15) is 4.98 Å². The van der Waals surface area contributed by atoms with E-state index in [0.717, 1.165) is 13.1 Å². The van der Waals surface area contributed by atoms with Crippen molar-refractivity contribution in [1.82, 2.24) is 4.98 Å². The van der Waals surface area contributed by atoms with Crippen LogP contribution in [0.3, 0.4) is 0 Å². The van der Waals surface area contributed by atoms with E-state index in [1.54, 1.807) is 6.26 Å². The standard InChI is InChI=1S/C14H22N2O2/c17-10-12-11-18-13(15-12)16-8-6-14(7-9-16)4-2-1-3-5-14/h11,17H,1-10H2. The number of hydrogen-bond donors (Lipinski definition) is 1. The summed E-state index contributed by atoms with van der Waals surface area (Å²) in [5, 5.41) is 9.01. The number of anilines is 1. The van der Waals surface area contributed by atoms with E-state index in [2.05, 4.69) is 9.88 Å². The van der Waals surface area contributed by atoms with Gasteiger partial charge in [-0.3, -0.25) is 0 Å². The number of aliphatic hydroxyl groups is 1. The van der Waals surface area contributed by atoms with Crippen molar-refractivity contribution in [3.63, 3.8) is 0 Å². The Kier molecular flexibility index (Phi) is 3.29. The van der Waals surface area contributed by atoms with Crippen molar-refractivity contribution in [3.05, 3.63) is 12.0 Å². The van der Waals surface area contributed by atoms with Crippen LogP contribution in [0.1, 0.15) is 50.6 Å². The molecule has 18 heavy (non-hydrogen) atoms. The number of aliphatic hydroxyl groups excluding tert-OH is 1. The van der Waals surface area contributed by atoms with Crippen molar-refractivity contribution < 1.29 is 9.52 Å². The Morgan fingerprint density at radius 2 is 1.89 bits per heavy atom. The van der Waals surface area contributed by atoms with Gasteiger partial charge < -0.3 is 14.4 Å². The molecule has 0 unspecified atom stereocenters. The Labute approximate surface area is 108 Å². The molecule has 0 amide bonds. The van der Waals surface area contributed by atoms with Crippen molar-refractivity contribution in [3.8, 4) is 0 Å². The summed E-state index contributed by atoms with van der Waals surface area (Å²) in [5.74, 6) is 0. The van der Waals surface area contributed by atoms with E-state index in [1.807, 2.05) is 0 Å². The summed E-state index contributed by atoms with van der Waals surface area (Å²) in [7, 11) is 0. The lowest BCUT2D eigenvalue weighted by Gasteiger charge is -2.43.